The molecule has 3 N–H and O–H groups in total. The smallest absolute Gasteiger partial charge is 0.246 e. The van der Waals surface area contributed by atoms with E-state index in [1.165, 1.54) is 4.90 Å². The summed E-state index contributed by atoms with van der Waals surface area (Å²) in [4.78, 5) is 40.5. The van der Waals surface area contributed by atoms with Crippen LogP contribution in [-0.2, 0) is 19.1 Å². The molecule has 3 aliphatic rings. The largest absolute Gasteiger partial charge is 0.395 e. The quantitative estimate of drug-likeness (QED) is 0.590. The molecular formula is C19H31N3O5. The molecule has 3 rings (SSSR count). The third-order valence-corrected chi connectivity index (χ3v) is 5.74. The number of aliphatic hydroxyl groups excluding tert-OH is 1. The van der Waals surface area contributed by atoms with Crippen molar-refractivity contribution in [2.45, 2.75) is 70.2 Å². The van der Waals surface area contributed by atoms with Gasteiger partial charge in [-0.2, -0.15) is 0 Å². The van der Waals surface area contributed by atoms with E-state index in [-0.39, 0.29) is 37.0 Å². The van der Waals surface area contributed by atoms with Gasteiger partial charge in [0.1, 0.15) is 11.6 Å². The lowest BCUT2D eigenvalue weighted by Crippen LogP contribution is -2.58. The van der Waals surface area contributed by atoms with E-state index in [2.05, 4.69) is 10.6 Å². The maximum absolute atomic E-state index is 13.2. The normalized spacial score (nSPS) is 34.7. The lowest BCUT2D eigenvalue weighted by atomic mass is 9.70. The van der Waals surface area contributed by atoms with Crippen molar-refractivity contribution in [2.75, 3.05) is 19.7 Å². The standard InChI is InChI=1S/C19H31N3O5/c1-5-8-20-15(24)12-11-6-7-19(27-11)13(12)17(26)22(9-10-23)14(19)16(25)21-18(2,3)4/h11-14,23H,5-10H2,1-4H3,(H,20,24)(H,21,25)/t11-,12+,13-,14?,19?/m0/s1. The Kier molecular flexibility index (Phi) is 5.24. The summed E-state index contributed by atoms with van der Waals surface area (Å²) in [5, 5.41) is 15.3. The first-order valence-corrected chi connectivity index (χ1v) is 9.85. The number of fused-ring (bicyclic) bond motifs is 1. The molecule has 0 saturated carbocycles. The molecule has 152 valence electrons. The predicted molar refractivity (Wildman–Crippen MR) is 97.6 cm³/mol. The molecule has 3 heterocycles. The van der Waals surface area contributed by atoms with Crippen molar-refractivity contribution in [3.05, 3.63) is 0 Å². The van der Waals surface area contributed by atoms with Crippen molar-refractivity contribution < 1.29 is 24.2 Å². The van der Waals surface area contributed by atoms with Crippen molar-refractivity contribution >= 4 is 17.7 Å². The summed E-state index contributed by atoms with van der Waals surface area (Å²) in [6.45, 7) is 7.95. The molecular weight excluding hydrogens is 350 g/mol. The highest BCUT2D eigenvalue weighted by Gasteiger charge is 2.74. The molecule has 1 spiro atoms. The molecule has 3 saturated heterocycles. The molecule has 27 heavy (non-hydrogen) atoms. The Hall–Kier alpha value is -1.67. The summed E-state index contributed by atoms with van der Waals surface area (Å²) in [5.74, 6) is -1.98. The average molecular weight is 381 g/mol. The molecule has 5 atom stereocenters. The van der Waals surface area contributed by atoms with Gasteiger partial charge in [0.15, 0.2) is 0 Å². The minimum Gasteiger partial charge on any atom is -0.395 e. The Morgan fingerprint density at radius 3 is 2.63 bits per heavy atom. The minimum atomic E-state index is -0.986. The van der Waals surface area contributed by atoms with E-state index in [1.807, 2.05) is 27.7 Å². The van der Waals surface area contributed by atoms with E-state index in [0.717, 1.165) is 6.42 Å². The fourth-order valence-electron chi connectivity index (χ4n) is 4.91. The summed E-state index contributed by atoms with van der Waals surface area (Å²) < 4.78 is 6.23. The van der Waals surface area contributed by atoms with Gasteiger partial charge < -0.3 is 25.4 Å². The average Bonchev–Trinajstić information content (AvgIpc) is 3.19. The SMILES string of the molecule is CCCNC(=O)[C@@H]1[C@@H]2CCC3(O2)C(C(=O)NC(C)(C)C)N(CCO)C(=O)[C@H]13. The molecule has 2 unspecified atom stereocenters. The number of aliphatic hydroxyl groups is 1. The van der Waals surface area contributed by atoms with Gasteiger partial charge in [0, 0.05) is 18.6 Å². The Morgan fingerprint density at radius 1 is 1.33 bits per heavy atom. The van der Waals surface area contributed by atoms with Crippen molar-refractivity contribution in [1.82, 2.24) is 15.5 Å². The second-order valence-electron chi connectivity index (χ2n) is 8.84. The number of rotatable bonds is 6. The highest BCUT2D eigenvalue weighted by molar-refractivity contribution is 5.99. The van der Waals surface area contributed by atoms with E-state index in [4.69, 9.17) is 4.74 Å². The van der Waals surface area contributed by atoms with E-state index in [9.17, 15) is 19.5 Å². The number of β-amino-alcohol motifs (C(OH)–C–C–N with tert-alkyl or cyclic N) is 1. The molecule has 0 radical (unpaired) electrons. The number of carbonyl (C=O) groups is 3. The molecule has 0 aromatic carbocycles. The summed E-state index contributed by atoms with van der Waals surface area (Å²) >= 11 is 0. The zero-order valence-electron chi connectivity index (χ0n) is 16.6. The molecule has 3 amide bonds. The van der Waals surface area contributed by atoms with Crippen LogP contribution in [0.3, 0.4) is 0 Å². The Morgan fingerprint density at radius 2 is 2.04 bits per heavy atom. The van der Waals surface area contributed by atoms with Crippen LogP contribution >= 0.6 is 0 Å². The van der Waals surface area contributed by atoms with Gasteiger partial charge in [0.05, 0.1) is 24.5 Å². The van der Waals surface area contributed by atoms with Crippen LogP contribution in [0, 0.1) is 11.8 Å². The maximum atomic E-state index is 13.2. The lowest BCUT2D eigenvalue weighted by Gasteiger charge is -2.35. The van der Waals surface area contributed by atoms with Gasteiger partial charge >= 0.3 is 0 Å². The van der Waals surface area contributed by atoms with Crippen molar-refractivity contribution in [1.29, 1.82) is 0 Å². The highest BCUT2D eigenvalue weighted by atomic mass is 16.5. The van der Waals surface area contributed by atoms with E-state index >= 15 is 0 Å². The molecule has 0 aromatic heterocycles. The van der Waals surface area contributed by atoms with Gasteiger partial charge in [-0.1, -0.05) is 6.92 Å². The Bertz CT molecular complexity index is 631. The summed E-state index contributed by atoms with van der Waals surface area (Å²) in [5.41, 5.74) is -1.45. The first-order valence-electron chi connectivity index (χ1n) is 9.85. The number of likely N-dealkylation sites (tertiary alicyclic amines) is 1. The van der Waals surface area contributed by atoms with Crippen molar-refractivity contribution in [3.63, 3.8) is 0 Å². The number of hydrogen-bond acceptors (Lipinski definition) is 5. The van der Waals surface area contributed by atoms with Gasteiger partial charge in [0.2, 0.25) is 17.7 Å². The second kappa shape index (κ2) is 7.05. The molecule has 0 aliphatic carbocycles. The van der Waals surface area contributed by atoms with Crippen LogP contribution in [-0.4, -0.2) is 70.7 Å². The maximum Gasteiger partial charge on any atom is 0.246 e. The van der Waals surface area contributed by atoms with Crippen LogP contribution in [0.25, 0.3) is 0 Å². The van der Waals surface area contributed by atoms with Crippen molar-refractivity contribution in [2.24, 2.45) is 11.8 Å². The second-order valence-corrected chi connectivity index (χ2v) is 8.84. The van der Waals surface area contributed by atoms with Crippen LogP contribution in [0.2, 0.25) is 0 Å². The minimum absolute atomic E-state index is 0.0522. The fourth-order valence-corrected chi connectivity index (χ4v) is 4.91. The molecule has 0 aromatic rings. The first-order chi connectivity index (χ1) is 12.7. The van der Waals surface area contributed by atoms with Gasteiger partial charge in [-0.25, -0.2) is 0 Å². The van der Waals surface area contributed by atoms with Gasteiger partial charge in [-0.05, 0) is 40.0 Å². The van der Waals surface area contributed by atoms with E-state index in [0.29, 0.717) is 19.4 Å². The third-order valence-electron chi connectivity index (χ3n) is 5.74. The number of hydrogen-bond donors (Lipinski definition) is 3. The number of ether oxygens (including phenoxy) is 1. The molecule has 3 aliphatic heterocycles. The van der Waals surface area contributed by atoms with Crippen LogP contribution in [0.15, 0.2) is 0 Å². The summed E-state index contributed by atoms with van der Waals surface area (Å²) in [6, 6.07) is -0.824. The van der Waals surface area contributed by atoms with Crippen LogP contribution in [0.1, 0.15) is 47.0 Å². The number of nitrogens with zero attached hydrogens (tertiary/aromatic N) is 1. The van der Waals surface area contributed by atoms with Gasteiger partial charge in [0.25, 0.3) is 0 Å². The molecule has 8 heteroatoms. The fraction of sp³-hybridized carbons (Fsp3) is 0.842. The molecule has 3 fully saturated rings. The number of carbonyl (C=O) groups excluding carboxylic acids is 3. The van der Waals surface area contributed by atoms with Crippen LogP contribution in [0.4, 0.5) is 0 Å². The lowest BCUT2D eigenvalue weighted by molar-refractivity contribution is -0.143. The number of nitrogens with one attached hydrogen (secondary N) is 2. The topological polar surface area (TPSA) is 108 Å². The zero-order chi connectivity index (χ0) is 20.0. The summed E-state index contributed by atoms with van der Waals surface area (Å²) in [7, 11) is 0. The van der Waals surface area contributed by atoms with Gasteiger partial charge in [-0.15, -0.1) is 0 Å². The molecule has 2 bridgehead atoms. The molecule has 8 nitrogen and oxygen atoms in total. The van der Waals surface area contributed by atoms with E-state index < -0.39 is 29.0 Å². The van der Waals surface area contributed by atoms with Crippen molar-refractivity contribution in [3.8, 4) is 0 Å². The monoisotopic (exact) mass is 381 g/mol. The van der Waals surface area contributed by atoms with E-state index in [1.54, 1.807) is 0 Å². The first kappa shape index (κ1) is 20.1. The van der Waals surface area contributed by atoms with Crippen LogP contribution in [0.5, 0.6) is 0 Å². The predicted octanol–water partition coefficient (Wildman–Crippen LogP) is -0.206. The number of amides is 3. The summed E-state index contributed by atoms with van der Waals surface area (Å²) in [6.07, 6.45) is 1.69. The highest BCUT2D eigenvalue weighted by Crippen LogP contribution is 2.58. The van der Waals surface area contributed by atoms with Gasteiger partial charge in [-0.3, -0.25) is 14.4 Å². The third kappa shape index (κ3) is 3.23. The zero-order valence-corrected chi connectivity index (χ0v) is 16.6. The Labute approximate surface area is 160 Å². The van der Waals surface area contributed by atoms with Crippen LogP contribution < -0.4 is 10.6 Å². The Balaban J connectivity index is 1.95.